The van der Waals surface area contributed by atoms with Crippen LogP contribution in [0.5, 0.6) is 0 Å². The summed E-state index contributed by atoms with van der Waals surface area (Å²) in [5.74, 6) is -3.63. The molecule has 0 saturated heterocycles. The molecule has 3 N–H and O–H groups in total. The Hall–Kier alpha value is -1.01. The van der Waals surface area contributed by atoms with E-state index in [-0.39, 0.29) is 11.8 Å². The molecule has 0 aliphatic heterocycles. The Kier molecular flexibility index (Phi) is 3.97. The van der Waals surface area contributed by atoms with Crippen molar-refractivity contribution in [2.75, 3.05) is 13.1 Å². The molecular weight excluding hydrogens is 258 g/mol. The summed E-state index contributed by atoms with van der Waals surface area (Å²) >= 11 is 1.63. The minimum atomic E-state index is -3.03. The van der Waals surface area contributed by atoms with Gasteiger partial charge in [0.2, 0.25) is 5.91 Å². The molecule has 6 heteroatoms. The number of carbonyl (C=O) groups is 1. The summed E-state index contributed by atoms with van der Waals surface area (Å²) in [7, 11) is 0. The molecule has 0 spiro atoms. The van der Waals surface area contributed by atoms with Crippen LogP contribution >= 0.6 is 11.3 Å². The van der Waals surface area contributed by atoms with Crippen LogP contribution in [0, 0.1) is 0 Å². The molecule has 1 aliphatic carbocycles. The van der Waals surface area contributed by atoms with Gasteiger partial charge in [-0.25, -0.2) is 8.78 Å². The molecule has 1 heterocycles. The number of hydrogen-bond donors (Lipinski definition) is 2. The Bertz CT molecular complexity index is 433. The normalized spacial score (nSPS) is 19.4. The molecular formula is C12H16F2N2OS. The summed E-state index contributed by atoms with van der Waals surface area (Å²) in [5, 5.41) is 4.26. The first-order valence-corrected chi connectivity index (χ1v) is 6.83. The first-order valence-electron chi connectivity index (χ1n) is 5.95. The van der Waals surface area contributed by atoms with E-state index in [1.807, 2.05) is 11.4 Å². The Morgan fingerprint density at radius 2 is 2.39 bits per heavy atom. The van der Waals surface area contributed by atoms with Crippen LogP contribution < -0.4 is 11.1 Å². The predicted octanol–water partition coefficient (Wildman–Crippen LogP) is 1.88. The van der Waals surface area contributed by atoms with Crippen LogP contribution in [0.4, 0.5) is 8.78 Å². The van der Waals surface area contributed by atoms with Gasteiger partial charge in [-0.2, -0.15) is 0 Å². The minimum absolute atomic E-state index is 0.284. The van der Waals surface area contributed by atoms with Gasteiger partial charge in [0, 0.05) is 4.88 Å². The molecule has 18 heavy (non-hydrogen) atoms. The highest BCUT2D eigenvalue weighted by atomic mass is 32.1. The van der Waals surface area contributed by atoms with Crippen LogP contribution in [0.2, 0.25) is 0 Å². The molecule has 0 fully saturated rings. The van der Waals surface area contributed by atoms with Crippen LogP contribution in [-0.4, -0.2) is 24.9 Å². The lowest BCUT2D eigenvalue weighted by atomic mass is 9.87. The average molecular weight is 274 g/mol. The van der Waals surface area contributed by atoms with Crippen molar-refractivity contribution in [2.45, 2.75) is 31.1 Å². The van der Waals surface area contributed by atoms with Crippen molar-refractivity contribution in [2.24, 2.45) is 5.73 Å². The highest BCUT2D eigenvalue weighted by Crippen LogP contribution is 2.35. The molecule has 3 nitrogen and oxygen atoms in total. The zero-order chi connectivity index (χ0) is 13.2. The number of aryl methyl sites for hydroxylation is 1. The zero-order valence-electron chi connectivity index (χ0n) is 9.92. The standard InChI is InChI=1S/C12H16F2N2OS/c13-12(14,6-15)7-16-11(17)9-2-1-3-10-8(9)4-5-18-10/h4-5,9H,1-3,6-7,15H2,(H,16,17). The van der Waals surface area contributed by atoms with Crippen molar-refractivity contribution in [3.8, 4) is 0 Å². The number of halogens is 2. The van der Waals surface area contributed by atoms with Crippen molar-refractivity contribution in [1.82, 2.24) is 5.32 Å². The van der Waals surface area contributed by atoms with Crippen LogP contribution in [0.25, 0.3) is 0 Å². The Labute approximate surface area is 108 Å². The van der Waals surface area contributed by atoms with E-state index >= 15 is 0 Å². The lowest BCUT2D eigenvalue weighted by Gasteiger charge is -2.23. The third-order valence-corrected chi connectivity index (χ3v) is 4.18. The van der Waals surface area contributed by atoms with Gasteiger partial charge in [-0.1, -0.05) is 0 Å². The van der Waals surface area contributed by atoms with E-state index in [0.29, 0.717) is 0 Å². The van der Waals surface area contributed by atoms with Gasteiger partial charge in [-0.15, -0.1) is 11.3 Å². The molecule has 1 aromatic heterocycles. The van der Waals surface area contributed by atoms with Crippen molar-refractivity contribution >= 4 is 17.2 Å². The number of carbonyl (C=O) groups excluding carboxylic acids is 1. The van der Waals surface area contributed by atoms with Gasteiger partial charge < -0.3 is 11.1 Å². The van der Waals surface area contributed by atoms with Gasteiger partial charge in [0.05, 0.1) is 19.0 Å². The van der Waals surface area contributed by atoms with Gasteiger partial charge >= 0.3 is 0 Å². The molecule has 1 aromatic rings. The summed E-state index contributed by atoms with van der Waals surface area (Å²) in [6, 6.07) is 1.92. The largest absolute Gasteiger partial charge is 0.349 e. The summed E-state index contributed by atoms with van der Waals surface area (Å²) in [6.45, 7) is -1.43. The van der Waals surface area contributed by atoms with Gasteiger partial charge in [0.25, 0.3) is 5.92 Å². The monoisotopic (exact) mass is 274 g/mol. The number of rotatable bonds is 4. The third-order valence-electron chi connectivity index (χ3n) is 3.19. The summed E-state index contributed by atoms with van der Waals surface area (Å²) in [5.41, 5.74) is 5.93. The van der Waals surface area contributed by atoms with Crippen LogP contribution in [0.3, 0.4) is 0 Å². The molecule has 2 rings (SSSR count). The predicted molar refractivity (Wildman–Crippen MR) is 67.0 cm³/mol. The van der Waals surface area contributed by atoms with E-state index in [1.165, 1.54) is 4.88 Å². The van der Waals surface area contributed by atoms with Crippen molar-refractivity contribution in [3.05, 3.63) is 21.9 Å². The van der Waals surface area contributed by atoms with Crippen molar-refractivity contribution in [1.29, 1.82) is 0 Å². The van der Waals surface area contributed by atoms with E-state index in [4.69, 9.17) is 5.73 Å². The quantitative estimate of drug-likeness (QED) is 0.880. The van der Waals surface area contributed by atoms with Crippen LogP contribution in [-0.2, 0) is 11.2 Å². The fourth-order valence-electron chi connectivity index (χ4n) is 2.17. The maximum absolute atomic E-state index is 13.0. The summed E-state index contributed by atoms with van der Waals surface area (Å²) in [6.07, 6.45) is 2.64. The lowest BCUT2D eigenvalue weighted by Crippen LogP contribution is -2.43. The number of fused-ring (bicyclic) bond motifs is 1. The van der Waals surface area contributed by atoms with Gasteiger partial charge in [0.15, 0.2) is 0 Å². The second-order valence-electron chi connectivity index (χ2n) is 4.52. The van der Waals surface area contributed by atoms with E-state index in [0.717, 1.165) is 24.8 Å². The fourth-order valence-corrected chi connectivity index (χ4v) is 3.16. The maximum Gasteiger partial charge on any atom is 0.277 e. The minimum Gasteiger partial charge on any atom is -0.349 e. The molecule has 0 bridgehead atoms. The van der Waals surface area contributed by atoms with Crippen LogP contribution in [0.1, 0.15) is 29.2 Å². The number of thiophene rings is 1. The second-order valence-corrected chi connectivity index (χ2v) is 5.52. The smallest absolute Gasteiger partial charge is 0.277 e. The molecule has 1 atom stereocenters. The molecule has 100 valence electrons. The number of nitrogens with two attached hydrogens (primary N) is 1. The highest BCUT2D eigenvalue weighted by Gasteiger charge is 2.31. The number of alkyl halides is 2. The Morgan fingerprint density at radius 1 is 1.61 bits per heavy atom. The number of amides is 1. The molecule has 0 saturated carbocycles. The zero-order valence-corrected chi connectivity index (χ0v) is 10.7. The topological polar surface area (TPSA) is 55.1 Å². The van der Waals surface area contributed by atoms with Crippen molar-refractivity contribution < 1.29 is 13.6 Å². The number of hydrogen-bond acceptors (Lipinski definition) is 3. The average Bonchev–Trinajstić information content (AvgIpc) is 2.84. The first-order chi connectivity index (χ1) is 8.53. The van der Waals surface area contributed by atoms with E-state index in [9.17, 15) is 13.6 Å². The Balaban J connectivity index is 1.99. The van der Waals surface area contributed by atoms with Gasteiger partial charge in [-0.05, 0) is 36.3 Å². The van der Waals surface area contributed by atoms with E-state index in [1.54, 1.807) is 11.3 Å². The van der Waals surface area contributed by atoms with Crippen molar-refractivity contribution in [3.63, 3.8) is 0 Å². The molecule has 0 radical (unpaired) electrons. The number of nitrogens with one attached hydrogen (secondary N) is 1. The van der Waals surface area contributed by atoms with Crippen LogP contribution in [0.15, 0.2) is 11.4 Å². The lowest BCUT2D eigenvalue weighted by molar-refractivity contribution is -0.124. The Morgan fingerprint density at radius 3 is 3.11 bits per heavy atom. The van der Waals surface area contributed by atoms with Gasteiger partial charge in [-0.3, -0.25) is 4.79 Å². The highest BCUT2D eigenvalue weighted by molar-refractivity contribution is 7.10. The summed E-state index contributed by atoms with van der Waals surface area (Å²) < 4.78 is 26.0. The molecule has 0 aromatic carbocycles. The molecule has 1 aliphatic rings. The molecule has 1 unspecified atom stereocenters. The first kappa shape index (κ1) is 13.4. The summed E-state index contributed by atoms with van der Waals surface area (Å²) in [4.78, 5) is 13.1. The fraction of sp³-hybridized carbons (Fsp3) is 0.583. The third kappa shape index (κ3) is 2.87. The SMILES string of the molecule is NCC(F)(F)CNC(=O)C1CCCc2sccc21. The molecule has 1 amide bonds. The second kappa shape index (κ2) is 5.32. The van der Waals surface area contributed by atoms with Gasteiger partial charge in [0.1, 0.15) is 0 Å². The maximum atomic E-state index is 13.0. The van der Waals surface area contributed by atoms with E-state index < -0.39 is 19.0 Å². The van der Waals surface area contributed by atoms with E-state index in [2.05, 4.69) is 5.32 Å².